The quantitative estimate of drug-likeness (QED) is 0.579. The second-order valence-electron chi connectivity index (χ2n) is 2.21. The van der Waals surface area contributed by atoms with E-state index in [2.05, 4.69) is 22.4 Å². The maximum Gasteiger partial charge on any atom is 0.0681 e. The van der Waals surface area contributed by atoms with Gasteiger partial charge in [-0.25, -0.2) is 0 Å². The second kappa shape index (κ2) is 4.60. The predicted molar refractivity (Wildman–Crippen MR) is 44.0 cm³/mol. The Morgan fingerprint density at radius 1 is 1.50 bits per heavy atom. The predicted octanol–water partition coefficient (Wildman–Crippen LogP) is -0.177. The van der Waals surface area contributed by atoms with Gasteiger partial charge in [0.05, 0.1) is 25.4 Å². The Bertz CT molecular complexity index is 104. The molecule has 4 heteroatoms. The fraction of sp³-hybridized carbons (Fsp3) is 0.833. The zero-order valence-corrected chi connectivity index (χ0v) is 6.69. The molecule has 0 radical (unpaired) electrons. The van der Waals surface area contributed by atoms with Gasteiger partial charge in [0, 0.05) is 13.1 Å². The van der Waals surface area contributed by atoms with E-state index in [9.17, 15) is 0 Å². The topological polar surface area (TPSA) is 24.5 Å². The van der Waals surface area contributed by atoms with Crippen molar-refractivity contribution < 1.29 is 4.74 Å². The van der Waals surface area contributed by atoms with Crippen LogP contribution in [0.2, 0.25) is 0 Å². The third-order valence-electron chi connectivity index (χ3n) is 1.50. The zero-order chi connectivity index (χ0) is 7.23. The number of morpholine rings is 1. The summed E-state index contributed by atoms with van der Waals surface area (Å²) in [5, 5.41) is 2.98. The van der Waals surface area contributed by atoms with Crippen LogP contribution in [0, 0.1) is 0 Å². The van der Waals surface area contributed by atoms with E-state index in [4.69, 9.17) is 4.74 Å². The molecular formula is C6H12N2OS. The van der Waals surface area contributed by atoms with Crippen molar-refractivity contribution in [3.63, 3.8) is 0 Å². The van der Waals surface area contributed by atoms with E-state index < -0.39 is 0 Å². The van der Waals surface area contributed by atoms with E-state index in [1.165, 1.54) is 0 Å². The van der Waals surface area contributed by atoms with Gasteiger partial charge in [0.15, 0.2) is 0 Å². The summed E-state index contributed by atoms with van der Waals surface area (Å²) in [6, 6.07) is 0. The molecule has 1 N–H and O–H groups in total. The normalized spacial score (nSPS) is 20.4. The highest BCUT2D eigenvalue weighted by Gasteiger charge is 2.07. The molecule has 1 heterocycles. The number of nitrogens with one attached hydrogen (secondary N) is 1. The molecule has 0 atom stereocenters. The second-order valence-corrected chi connectivity index (χ2v) is 2.45. The van der Waals surface area contributed by atoms with E-state index in [-0.39, 0.29) is 0 Å². The SMILES string of the molecule is S=CNCN1CCOCC1. The van der Waals surface area contributed by atoms with Gasteiger partial charge in [-0.3, -0.25) is 4.90 Å². The highest BCUT2D eigenvalue weighted by atomic mass is 32.1. The molecular weight excluding hydrogens is 148 g/mol. The molecule has 0 aromatic heterocycles. The first-order valence-electron chi connectivity index (χ1n) is 3.40. The Balaban J connectivity index is 2.07. The van der Waals surface area contributed by atoms with Gasteiger partial charge < -0.3 is 10.1 Å². The molecule has 1 aliphatic heterocycles. The van der Waals surface area contributed by atoms with Crippen LogP contribution in [0.3, 0.4) is 0 Å². The lowest BCUT2D eigenvalue weighted by Crippen LogP contribution is -2.41. The molecule has 0 saturated carbocycles. The minimum atomic E-state index is 0.846. The first kappa shape index (κ1) is 7.91. The van der Waals surface area contributed by atoms with Crippen molar-refractivity contribution in [3.05, 3.63) is 0 Å². The van der Waals surface area contributed by atoms with Crippen LogP contribution in [-0.2, 0) is 4.74 Å². The minimum absolute atomic E-state index is 0.846. The standard InChI is InChI=1S/C6H12N2OS/c10-6-7-5-8-1-3-9-4-2-8/h6H,1-5H2,(H,7,10). The van der Waals surface area contributed by atoms with Crippen molar-refractivity contribution in [2.75, 3.05) is 33.0 Å². The van der Waals surface area contributed by atoms with Crippen LogP contribution in [0.1, 0.15) is 0 Å². The molecule has 0 bridgehead atoms. The molecule has 1 fully saturated rings. The van der Waals surface area contributed by atoms with Crippen LogP contribution < -0.4 is 5.32 Å². The Labute approximate surface area is 66.3 Å². The van der Waals surface area contributed by atoms with Crippen molar-refractivity contribution in [1.29, 1.82) is 0 Å². The van der Waals surface area contributed by atoms with Gasteiger partial charge in [0.1, 0.15) is 0 Å². The van der Waals surface area contributed by atoms with Crippen LogP contribution in [0.5, 0.6) is 0 Å². The van der Waals surface area contributed by atoms with E-state index >= 15 is 0 Å². The lowest BCUT2D eigenvalue weighted by atomic mass is 10.4. The van der Waals surface area contributed by atoms with Gasteiger partial charge in [0.25, 0.3) is 0 Å². The van der Waals surface area contributed by atoms with Gasteiger partial charge in [-0.2, -0.15) is 0 Å². The largest absolute Gasteiger partial charge is 0.379 e. The molecule has 0 aromatic rings. The first-order valence-corrected chi connectivity index (χ1v) is 3.88. The number of nitrogens with zero attached hydrogens (tertiary/aromatic N) is 1. The number of hydrogen-bond donors (Lipinski definition) is 1. The highest BCUT2D eigenvalue weighted by Crippen LogP contribution is 1.92. The lowest BCUT2D eigenvalue weighted by Gasteiger charge is -2.25. The number of hydrogen-bond acceptors (Lipinski definition) is 3. The summed E-state index contributed by atoms with van der Waals surface area (Å²) in [4.78, 5) is 2.27. The minimum Gasteiger partial charge on any atom is -0.379 e. The third-order valence-corrected chi connectivity index (χ3v) is 1.67. The van der Waals surface area contributed by atoms with E-state index in [1.54, 1.807) is 5.49 Å². The Hall–Kier alpha value is -0.190. The van der Waals surface area contributed by atoms with Crippen molar-refractivity contribution in [3.8, 4) is 0 Å². The van der Waals surface area contributed by atoms with E-state index in [0.717, 1.165) is 33.0 Å². The summed E-state index contributed by atoms with van der Waals surface area (Å²) in [7, 11) is 0. The smallest absolute Gasteiger partial charge is 0.0681 e. The summed E-state index contributed by atoms with van der Waals surface area (Å²) >= 11 is 4.63. The number of ether oxygens (including phenoxy) is 1. The molecule has 58 valence electrons. The molecule has 1 rings (SSSR count). The fourth-order valence-electron chi connectivity index (χ4n) is 0.926. The summed E-state index contributed by atoms with van der Waals surface area (Å²) in [6.45, 7) is 4.57. The molecule has 0 unspecified atom stereocenters. The summed E-state index contributed by atoms with van der Waals surface area (Å²) < 4.78 is 5.17. The van der Waals surface area contributed by atoms with Crippen LogP contribution in [0.15, 0.2) is 0 Å². The number of rotatable bonds is 3. The van der Waals surface area contributed by atoms with E-state index in [1.807, 2.05) is 0 Å². The van der Waals surface area contributed by atoms with E-state index in [0.29, 0.717) is 0 Å². The van der Waals surface area contributed by atoms with Crippen molar-refractivity contribution in [2.24, 2.45) is 0 Å². The monoisotopic (exact) mass is 160 g/mol. The average molecular weight is 160 g/mol. The summed E-state index contributed by atoms with van der Waals surface area (Å²) in [5.41, 5.74) is 1.55. The Morgan fingerprint density at radius 2 is 2.20 bits per heavy atom. The van der Waals surface area contributed by atoms with Crippen LogP contribution in [-0.4, -0.2) is 43.4 Å². The maximum atomic E-state index is 5.17. The molecule has 10 heavy (non-hydrogen) atoms. The van der Waals surface area contributed by atoms with Crippen molar-refractivity contribution in [1.82, 2.24) is 10.2 Å². The van der Waals surface area contributed by atoms with Crippen LogP contribution in [0.4, 0.5) is 0 Å². The van der Waals surface area contributed by atoms with Gasteiger partial charge in [-0.05, 0) is 0 Å². The Morgan fingerprint density at radius 3 is 2.80 bits per heavy atom. The Kier molecular flexibility index (Phi) is 3.64. The van der Waals surface area contributed by atoms with Crippen molar-refractivity contribution >= 4 is 17.7 Å². The van der Waals surface area contributed by atoms with Gasteiger partial charge >= 0.3 is 0 Å². The maximum absolute atomic E-state index is 5.17. The molecule has 0 aromatic carbocycles. The molecule has 0 amide bonds. The average Bonchev–Trinajstić information content (AvgIpc) is 2.03. The molecule has 0 spiro atoms. The van der Waals surface area contributed by atoms with Gasteiger partial charge in [-0.1, -0.05) is 12.2 Å². The van der Waals surface area contributed by atoms with Gasteiger partial charge in [-0.15, -0.1) is 0 Å². The molecule has 0 aliphatic carbocycles. The highest BCUT2D eigenvalue weighted by molar-refractivity contribution is 7.78. The molecule has 1 aliphatic rings. The van der Waals surface area contributed by atoms with Crippen LogP contribution in [0.25, 0.3) is 0 Å². The van der Waals surface area contributed by atoms with Crippen molar-refractivity contribution in [2.45, 2.75) is 0 Å². The lowest BCUT2D eigenvalue weighted by molar-refractivity contribution is 0.0369. The van der Waals surface area contributed by atoms with Crippen LogP contribution >= 0.6 is 12.2 Å². The third kappa shape index (κ3) is 2.60. The summed E-state index contributed by atoms with van der Waals surface area (Å²) in [5.74, 6) is 0. The molecule has 3 nitrogen and oxygen atoms in total. The zero-order valence-electron chi connectivity index (χ0n) is 5.88. The fourth-order valence-corrected chi connectivity index (χ4v) is 1.00. The number of thiocarbonyl (C=S) groups is 1. The first-order chi connectivity index (χ1) is 4.93. The summed E-state index contributed by atoms with van der Waals surface area (Å²) in [6.07, 6.45) is 0. The molecule has 1 saturated heterocycles. The van der Waals surface area contributed by atoms with Gasteiger partial charge in [0.2, 0.25) is 0 Å².